The van der Waals surface area contributed by atoms with Crippen molar-refractivity contribution in [1.82, 2.24) is 0 Å². The fraction of sp³-hybridized carbons (Fsp3) is 0. The number of benzene rings is 2. The molecule has 0 aliphatic rings. The molecule has 0 aliphatic carbocycles. The normalized spacial score (nSPS) is 11.9. The average Bonchev–Trinajstić information content (AvgIpc) is 2.15. The number of hydrogen-bond acceptors (Lipinski definition) is 2. The van der Waals surface area contributed by atoms with E-state index in [0.717, 1.165) is 5.39 Å². The van der Waals surface area contributed by atoms with Crippen LogP contribution in [0.1, 0.15) is 0 Å². The standard InChI is InChI=1S/C10H9O4P/c11-9-3-1-8-6-10(15(12,13)14)4-2-7(8)5-9/h1-6,11H,(H2,12,13,14). The van der Waals surface area contributed by atoms with Gasteiger partial charge in [-0.15, -0.1) is 0 Å². The van der Waals surface area contributed by atoms with Crippen molar-refractivity contribution in [3.05, 3.63) is 36.4 Å². The summed E-state index contributed by atoms with van der Waals surface area (Å²) in [5, 5.41) is 10.6. The van der Waals surface area contributed by atoms with Crippen LogP contribution in [0, 0.1) is 0 Å². The summed E-state index contributed by atoms with van der Waals surface area (Å²) in [6, 6.07) is 9.00. The first kappa shape index (κ1) is 10.2. The van der Waals surface area contributed by atoms with Gasteiger partial charge in [-0.25, -0.2) is 0 Å². The third-order valence-electron chi connectivity index (χ3n) is 2.14. The summed E-state index contributed by atoms with van der Waals surface area (Å²) < 4.78 is 11.0. The summed E-state index contributed by atoms with van der Waals surface area (Å²) in [6.45, 7) is 0. The molecule has 4 nitrogen and oxygen atoms in total. The molecule has 0 saturated carbocycles. The summed E-state index contributed by atoms with van der Waals surface area (Å²) in [7, 11) is -4.20. The second kappa shape index (κ2) is 3.35. The van der Waals surface area contributed by atoms with E-state index in [-0.39, 0.29) is 11.1 Å². The van der Waals surface area contributed by atoms with Gasteiger partial charge in [-0.1, -0.05) is 12.1 Å². The fourth-order valence-electron chi connectivity index (χ4n) is 1.40. The zero-order valence-corrected chi connectivity index (χ0v) is 8.56. The maximum Gasteiger partial charge on any atom is 0.356 e. The summed E-state index contributed by atoms with van der Waals surface area (Å²) in [4.78, 5) is 17.9. The largest absolute Gasteiger partial charge is 0.508 e. The van der Waals surface area contributed by atoms with Gasteiger partial charge in [0.05, 0.1) is 5.30 Å². The first-order valence-corrected chi connectivity index (χ1v) is 5.87. The van der Waals surface area contributed by atoms with Gasteiger partial charge in [-0.3, -0.25) is 4.57 Å². The van der Waals surface area contributed by atoms with Crippen molar-refractivity contribution in [2.24, 2.45) is 0 Å². The number of phenolic OH excluding ortho intramolecular Hbond substituents is 1. The van der Waals surface area contributed by atoms with Crippen molar-refractivity contribution in [1.29, 1.82) is 0 Å². The summed E-state index contributed by atoms with van der Waals surface area (Å²) in [5.41, 5.74) is 0. The monoisotopic (exact) mass is 224 g/mol. The van der Waals surface area contributed by atoms with Gasteiger partial charge >= 0.3 is 7.60 Å². The lowest BCUT2D eigenvalue weighted by Gasteiger charge is -2.05. The maximum atomic E-state index is 11.0. The molecule has 3 N–H and O–H groups in total. The number of fused-ring (bicyclic) bond motifs is 1. The van der Waals surface area contributed by atoms with Gasteiger partial charge in [-0.05, 0) is 35.0 Å². The van der Waals surface area contributed by atoms with Crippen molar-refractivity contribution in [2.75, 3.05) is 0 Å². The molecule has 0 saturated heterocycles. The van der Waals surface area contributed by atoms with Crippen LogP contribution in [0.3, 0.4) is 0 Å². The predicted molar refractivity (Wildman–Crippen MR) is 57.3 cm³/mol. The van der Waals surface area contributed by atoms with Gasteiger partial charge in [0.2, 0.25) is 0 Å². The van der Waals surface area contributed by atoms with Crippen molar-refractivity contribution < 1.29 is 19.5 Å². The highest BCUT2D eigenvalue weighted by molar-refractivity contribution is 7.60. The molecule has 5 heteroatoms. The van der Waals surface area contributed by atoms with Crippen LogP contribution in [0.15, 0.2) is 36.4 Å². The lowest BCUT2D eigenvalue weighted by atomic mass is 10.1. The van der Waals surface area contributed by atoms with E-state index in [9.17, 15) is 9.67 Å². The predicted octanol–water partition coefficient (Wildman–Crippen LogP) is 1.35. The minimum absolute atomic E-state index is 0.0133. The minimum Gasteiger partial charge on any atom is -0.508 e. The van der Waals surface area contributed by atoms with Gasteiger partial charge in [-0.2, -0.15) is 0 Å². The van der Waals surface area contributed by atoms with E-state index >= 15 is 0 Å². The molecular formula is C10H9O4P. The van der Waals surface area contributed by atoms with E-state index in [0.29, 0.717) is 5.39 Å². The van der Waals surface area contributed by atoms with E-state index in [1.807, 2.05) is 0 Å². The molecule has 0 heterocycles. The lowest BCUT2D eigenvalue weighted by molar-refractivity contribution is 0.387. The van der Waals surface area contributed by atoms with Crippen molar-refractivity contribution >= 4 is 23.7 Å². The van der Waals surface area contributed by atoms with E-state index in [2.05, 4.69) is 0 Å². The first-order chi connectivity index (χ1) is 6.97. The van der Waals surface area contributed by atoms with E-state index < -0.39 is 7.60 Å². The van der Waals surface area contributed by atoms with Crippen LogP contribution in [-0.4, -0.2) is 14.9 Å². The summed E-state index contributed by atoms with van der Waals surface area (Å²) in [5.74, 6) is 0.131. The van der Waals surface area contributed by atoms with Gasteiger partial charge in [0.1, 0.15) is 5.75 Å². The van der Waals surface area contributed by atoms with E-state index in [4.69, 9.17) is 9.79 Å². The quantitative estimate of drug-likeness (QED) is 0.639. The molecule has 0 unspecified atom stereocenters. The Morgan fingerprint density at radius 1 is 0.933 bits per heavy atom. The molecule has 2 aromatic carbocycles. The number of aromatic hydroxyl groups is 1. The van der Waals surface area contributed by atoms with Gasteiger partial charge in [0, 0.05) is 0 Å². The van der Waals surface area contributed by atoms with Crippen molar-refractivity contribution in [3.8, 4) is 5.75 Å². The lowest BCUT2D eigenvalue weighted by Crippen LogP contribution is -2.02. The third-order valence-corrected chi connectivity index (χ3v) is 3.09. The van der Waals surface area contributed by atoms with Crippen LogP contribution in [0.2, 0.25) is 0 Å². The number of hydrogen-bond donors (Lipinski definition) is 3. The Labute approximate surface area is 86.0 Å². The zero-order chi connectivity index (χ0) is 11.1. The average molecular weight is 224 g/mol. The Bertz CT molecular complexity index is 558. The van der Waals surface area contributed by atoms with Crippen LogP contribution < -0.4 is 5.30 Å². The molecule has 0 spiro atoms. The van der Waals surface area contributed by atoms with Crippen LogP contribution in [0.25, 0.3) is 10.8 Å². The van der Waals surface area contributed by atoms with E-state index in [1.165, 1.54) is 18.2 Å². The van der Waals surface area contributed by atoms with Crippen LogP contribution in [0.4, 0.5) is 0 Å². The molecule has 0 aromatic heterocycles. The Morgan fingerprint density at radius 2 is 1.53 bits per heavy atom. The summed E-state index contributed by atoms with van der Waals surface area (Å²) in [6.07, 6.45) is 0. The highest BCUT2D eigenvalue weighted by Gasteiger charge is 2.16. The molecule has 0 bridgehead atoms. The SMILES string of the molecule is O=P(O)(O)c1ccc2cc(O)ccc2c1. The molecule has 2 aromatic rings. The Morgan fingerprint density at radius 3 is 2.20 bits per heavy atom. The van der Waals surface area contributed by atoms with Gasteiger partial charge in [0.15, 0.2) is 0 Å². The third kappa shape index (κ3) is 2.02. The number of phenols is 1. The highest BCUT2D eigenvalue weighted by atomic mass is 31.2. The highest BCUT2D eigenvalue weighted by Crippen LogP contribution is 2.34. The molecule has 0 radical (unpaired) electrons. The molecule has 15 heavy (non-hydrogen) atoms. The maximum absolute atomic E-state index is 11.0. The fourth-order valence-corrected chi connectivity index (χ4v) is 1.98. The van der Waals surface area contributed by atoms with Crippen LogP contribution >= 0.6 is 7.60 Å². The molecule has 78 valence electrons. The molecule has 0 fully saturated rings. The topological polar surface area (TPSA) is 77.8 Å². The minimum atomic E-state index is -4.20. The first-order valence-electron chi connectivity index (χ1n) is 4.26. The molecule has 0 amide bonds. The molecule has 0 atom stereocenters. The zero-order valence-electron chi connectivity index (χ0n) is 7.66. The Hall–Kier alpha value is -1.35. The molecular weight excluding hydrogens is 215 g/mol. The molecule has 0 aliphatic heterocycles. The van der Waals surface area contributed by atoms with Crippen molar-refractivity contribution in [3.63, 3.8) is 0 Å². The smallest absolute Gasteiger partial charge is 0.356 e. The van der Waals surface area contributed by atoms with Gasteiger partial charge in [0.25, 0.3) is 0 Å². The second-order valence-electron chi connectivity index (χ2n) is 3.26. The Balaban J connectivity index is 2.67. The van der Waals surface area contributed by atoms with Crippen LogP contribution in [0.5, 0.6) is 5.75 Å². The Kier molecular flexibility index (Phi) is 2.27. The molecule has 2 rings (SSSR count). The number of rotatable bonds is 1. The summed E-state index contributed by atoms with van der Waals surface area (Å²) >= 11 is 0. The van der Waals surface area contributed by atoms with Crippen LogP contribution in [-0.2, 0) is 4.57 Å². The van der Waals surface area contributed by atoms with Gasteiger partial charge < -0.3 is 14.9 Å². The second-order valence-corrected chi connectivity index (χ2v) is 4.86. The van der Waals surface area contributed by atoms with Crippen molar-refractivity contribution in [2.45, 2.75) is 0 Å². The van der Waals surface area contributed by atoms with E-state index in [1.54, 1.807) is 18.2 Å².